The summed E-state index contributed by atoms with van der Waals surface area (Å²) >= 11 is 5.91. The topological polar surface area (TPSA) is 50.8 Å². The molecule has 1 amide bonds. The van der Waals surface area contributed by atoms with Crippen LogP contribution in [0.3, 0.4) is 0 Å². The lowest BCUT2D eigenvalue weighted by Crippen LogP contribution is -2.41. The molecule has 0 unspecified atom stereocenters. The Morgan fingerprint density at radius 2 is 1.93 bits per heavy atom. The summed E-state index contributed by atoms with van der Waals surface area (Å²) in [5.41, 5.74) is 1.80. The van der Waals surface area contributed by atoms with E-state index in [0.717, 1.165) is 42.1 Å². The molecule has 2 aromatic rings. The van der Waals surface area contributed by atoms with Crippen LogP contribution in [0.25, 0.3) is 0 Å². The summed E-state index contributed by atoms with van der Waals surface area (Å²) in [5.74, 6) is 1.57. The van der Waals surface area contributed by atoms with E-state index in [1.807, 2.05) is 25.1 Å². The monoisotopic (exact) mass is 388 g/mol. The van der Waals surface area contributed by atoms with Crippen LogP contribution in [0.4, 0.5) is 5.69 Å². The van der Waals surface area contributed by atoms with Crippen LogP contribution in [0.5, 0.6) is 11.5 Å². The number of ether oxygens (including phenoxy) is 2. The van der Waals surface area contributed by atoms with Crippen molar-refractivity contribution in [3.05, 3.63) is 53.1 Å². The molecule has 0 aliphatic carbocycles. The molecule has 27 heavy (non-hydrogen) atoms. The van der Waals surface area contributed by atoms with Crippen molar-refractivity contribution in [1.29, 1.82) is 0 Å². The first-order chi connectivity index (χ1) is 13.0. The third-order valence-electron chi connectivity index (χ3n) is 5.08. The summed E-state index contributed by atoms with van der Waals surface area (Å²) in [5, 5.41) is 3.62. The maximum absolute atomic E-state index is 12.8. The number of carbonyl (C=O) groups excluding carboxylic acids is 1. The molecule has 1 heterocycles. The molecule has 1 N–H and O–H groups in total. The molecule has 5 nitrogen and oxygen atoms in total. The van der Waals surface area contributed by atoms with E-state index in [2.05, 4.69) is 10.2 Å². The van der Waals surface area contributed by atoms with Gasteiger partial charge < -0.3 is 14.8 Å². The van der Waals surface area contributed by atoms with Gasteiger partial charge in [-0.15, -0.1) is 0 Å². The Kier molecular flexibility index (Phi) is 6.24. The summed E-state index contributed by atoms with van der Waals surface area (Å²) in [7, 11) is 3.32. The van der Waals surface area contributed by atoms with Crippen molar-refractivity contribution in [3.63, 3.8) is 0 Å². The average Bonchev–Trinajstić information content (AvgIpc) is 3.18. The number of benzene rings is 2. The van der Waals surface area contributed by atoms with Gasteiger partial charge in [0.25, 0.3) is 0 Å². The molecule has 1 aliphatic heterocycles. The Balaban J connectivity index is 1.79. The number of hydrogen-bond acceptors (Lipinski definition) is 4. The molecule has 0 radical (unpaired) electrons. The highest BCUT2D eigenvalue weighted by atomic mass is 35.5. The van der Waals surface area contributed by atoms with Gasteiger partial charge in [-0.25, -0.2) is 0 Å². The Bertz CT molecular complexity index is 795. The van der Waals surface area contributed by atoms with Crippen LogP contribution in [0.2, 0.25) is 5.02 Å². The first-order valence-corrected chi connectivity index (χ1v) is 9.45. The first kappa shape index (κ1) is 19.5. The maximum Gasteiger partial charge on any atom is 0.241 e. The Labute approximate surface area is 165 Å². The van der Waals surface area contributed by atoms with Gasteiger partial charge in [0.2, 0.25) is 5.91 Å². The highest BCUT2D eigenvalue weighted by Crippen LogP contribution is 2.40. The molecule has 6 heteroatoms. The second-order valence-corrected chi connectivity index (χ2v) is 7.11. The minimum absolute atomic E-state index is 0.0360. The van der Waals surface area contributed by atoms with Crippen molar-refractivity contribution in [2.45, 2.75) is 31.8 Å². The fraction of sp³-hybridized carbons (Fsp3) is 0.381. The molecule has 1 fully saturated rings. The fourth-order valence-corrected chi connectivity index (χ4v) is 3.74. The van der Waals surface area contributed by atoms with Gasteiger partial charge in [-0.3, -0.25) is 9.69 Å². The van der Waals surface area contributed by atoms with E-state index in [-0.39, 0.29) is 18.0 Å². The zero-order chi connectivity index (χ0) is 19.4. The Morgan fingerprint density at radius 3 is 2.59 bits per heavy atom. The zero-order valence-electron chi connectivity index (χ0n) is 15.9. The third kappa shape index (κ3) is 4.37. The van der Waals surface area contributed by atoms with Crippen molar-refractivity contribution >= 4 is 23.2 Å². The number of hydrogen-bond donors (Lipinski definition) is 1. The van der Waals surface area contributed by atoms with Crippen molar-refractivity contribution < 1.29 is 14.3 Å². The van der Waals surface area contributed by atoms with Crippen molar-refractivity contribution in [2.75, 3.05) is 26.1 Å². The highest BCUT2D eigenvalue weighted by Gasteiger charge is 2.34. The summed E-state index contributed by atoms with van der Waals surface area (Å²) in [6, 6.07) is 12.8. The van der Waals surface area contributed by atoms with Gasteiger partial charge in [0.1, 0.15) is 11.5 Å². The Hall–Kier alpha value is -2.24. The summed E-state index contributed by atoms with van der Waals surface area (Å²) < 4.78 is 10.9. The van der Waals surface area contributed by atoms with Crippen molar-refractivity contribution in [1.82, 2.24) is 4.90 Å². The molecule has 2 atom stereocenters. The summed E-state index contributed by atoms with van der Waals surface area (Å²) in [6.45, 7) is 2.80. The van der Waals surface area contributed by atoms with Gasteiger partial charge in [-0.05, 0) is 68.8 Å². The van der Waals surface area contributed by atoms with E-state index in [9.17, 15) is 4.79 Å². The largest absolute Gasteiger partial charge is 0.497 e. The SMILES string of the molecule is COc1ccc(OC)c([C@H]2CCCN2[C@@H](C)C(=O)Nc2ccc(Cl)cc2)c1. The van der Waals surface area contributed by atoms with Gasteiger partial charge in [-0.1, -0.05) is 11.6 Å². The quantitative estimate of drug-likeness (QED) is 0.790. The van der Waals surface area contributed by atoms with Crippen LogP contribution < -0.4 is 14.8 Å². The van der Waals surface area contributed by atoms with Crippen LogP contribution in [-0.2, 0) is 4.79 Å². The molecule has 1 aliphatic rings. The molecule has 144 valence electrons. The normalized spacial score (nSPS) is 18.1. The lowest BCUT2D eigenvalue weighted by Gasteiger charge is -2.31. The zero-order valence-corrected chi connectivity index (χ0v) is 16.6. The van der Waals surface area contributed by atoms with E-state index in [1.54, 1.807) is 38.5 Å². The van der Waals surface area contributed by atoms with Gasteiger partial charge in [0.05, 0.1) is 20.3 Å². The molecule has 2 aromatic carbocycles. The highest BCUT2D eigenvalue weighted by molar-refractivity contribution is 6.30. The molecule has 0 saturated carbocycles. The van der Waals surface area contributed by atoms with E-state index >= 15 is 0 Å². The minimum atomic E-state index is -0.274. The van der Waals surface area contributed by atoms with Crippen molar-refractivity contribution in [3.8, 4) is 11.5 Å². The number of nitrogens with zero attached hydrogens (tertiary/aromatic N) is 1. The van der Waals surface area contributed by atoms with Crippen LogP contribution >= 0.6 is 11.6 Å². The van der Waals surface area contributed by atoms with Crippen LogP contribution in [-0.4, -0.2) is 37.6 Å². The van der Waals surface area contributed by atoms with Gasteiger partial charge in [0, 0.05) is 22.3 Å². The number of methoxy groups -OCH3 is 2. The number of carbonyl (C=O) groups is 1. The lowest BCUT2D eigenvalue weighted by molar-refractivity contribution is -0.121. The van der Waals surface area contributed by atoms with E-state index in [4.69, 9.17) is 21.1 Å². The van der Waals surface area contributed by atoms with Gasteiger partial charge >= 0.3 is 0 Å². The third-order valence-corrected chi connectivity index (χ3v) is 5.33. The van der Waals surface area contributed by atoms with Crippen LogP contribution in [0, 0.1) is 0 Å². The predicted molar refractivity (Wildman–Crippen MR) is 108 cm³/mol. The van der Waals surface area contributed by atoms with Gasteiger partial charge in [-0.2, -0.15) is 0 Å². The van der Waals surface area contributed by atoms with E-state index < -0.39 is 0 Å². The number of rotatable bonds is 6. The molecular formula is C21H25ClN2O3. The Morgan fingerprint density at radius 1 is 1.19 bits per heavy atom. The lowest BCUT2D eigenvalue weighted by atomic mass is 10.0. The maximum atomic E-state index is 12.8. The first-order valence-electron chi connectivity index (χ1n) is 9.07. The smallest absolute Gasteiger partial charge is 0.241 e. The summed E-state index contributed by atoms with van der Waals surface area (Å²) in [6.07, 6.45) is 2.01. The second kappa shape index (κ2) is 8.63. The van der Waals surface area contributed by atoms with Crippen LogP contribution in [0.1, 0.15) is 31.4 Å². The van der Waals surface area contributed by atoms with E-state index in [0.29, 0.717) is 5.02 Å². The van der Waals surface area contributed by atoms with Gasteiger partial charge in [0.15, 0.2) is 0 Å². The number of nitrogens with one attached hydrogen (secondary N) is 1. The number of amides is 1. The van der Waals surface area contributed by atoms with Crippen LogP contribution in [0.15, 0.2) is 42.5 Å². The summed E-state index contributed by atoms with van der Waals surface area (Å²) in [4.78, 5) is 15.0. The molecule has 0 bridgehead atoms. The number of anilines is 1. The van der Waals surface area contributed by atoms with Crippen molar-refractivity contribution in [2.24, 2.45) is 0 Å². The molecule has 3 rings (SSSR count). The minimum Gasteiger partial charge on any atom is -0.497 e. The molecule has 0 spiro atoms. The number of halogens is 1. The second-order valence-electron chi connectivity index (χ2n) is 6.68. The predicted octanol–water partition coefficient (Wildman–Crippen LogP) is 4.52. The fourth-order valence-electron chi connectivity index (χ4n) is 3.62. The standard InChI is InChI=1S/C21H25ClN2O3/c1-14(21(25)23-16-8-6-15(22)7-9-16)24-12-4-5-19(24)18-13-17(26-2)10-11-20(18)27-3/h6-11,13-14,19H,4-5,12H2,1-3H3,(H,23,25)/t14-,19+/m0/s1. The molecular weight excluding hydrogens is 364 g/mol. The number of likely N-dealkylation sites (tertiary alicyclic amines) is 1. The molecule has 0 aromatic heterocycles. The van der Waals surface area contributed by atoms with E-state index in [1.165, 1.54) is 0 Å². The average molecular weight is 389 g/mol. The molecule has 1 saturated heterocycles.